The first-order chi connectivity index (χ1) is 9.52. The maximum Gasteiger partial charge on any atom is 0.159 e. The van der Waals surface area contributed by atoms with Gasteiger partial charge in [0, 0.05) is 0 Å². The highest BCUT2D eigenvalue weighted by Gasteiger charge is 2.40. The normalized spacial score (nSPS) is 27.5. The number of rotatable bonds is 1. The average molecular weight is 291 g/mol. The van der Waals surface area contributed by atoms with E-state index < -0.39 is 20.9 Å². The Hall–Kier alpha value is -1.67. The number of nitriles is 1. The standard InChI is InChI=1S/C15H14FNO2S/c16-15-8-10(4-5-11(15)9-17)12-6-13-2-1-3-14(7-12)20(13,18)19/h4-6,8,13-14H,1-3,7H2. The number of benzene rings is 1. The van der Waals surface area contributed by atoms with Gasteiger partial charge in [0.05, 0.1) is 16.1 Å². The number of fused-ring (bicyclic) bond motifs is 2. The molecule has 0 saturated carbocycles. The van der Waals surface area contributed by atoms with Crippen LogP contribution in [0, 0.1) is 17.1 Å². The van der Waals surface area contributed by atoms with Gasteiger partial charge in [0.1, 0.15) is 11.9 Å². The van der Waals surface area contributed by atoms with Crippen molar-refractivity contribution >= 4 is 15.4 Å². The fourth-order valence-electron chi connectivity index (χ4n) is 3.08. The van der Waals surface area contributed by atoms with Gasteiger partial charge in [-0.25, -0.2) is 12.8 Å². The van der Waals surface area contributed by atoms with Crippen LogP contribution in [-0.2, 0) is 9.84 Å². The maximum absolute atomic E-state index is 13.7. The van der Waals surface area contributed by atoms with Gasteiger partial charge in [-0.3, -0.25) is 0 Å². The zero-order valence-corrected chi connectivity index (χ0v) is 11.7. The van der Waals surface area contributed by atoms with Crippen LogP contribution in [0.15, 0.2) is 24.3 Å². The number of hydrogen-bond donors (Lipinski definition) is 0. The van der Waals surface area contributed by atoms with Crippen molar-refractivity contribution in [3.8, 4) is 6.07 Å². The summed E-state index contributed by atoms with van der Waals surface area (Å²) in [5, 5.41) is 7.98. The van der Waals surface area contributed by atoms with Crippen molar-refractivity contribution < 1.29 is 12.8 Å². The Bertz CT molecular complexity index is 731. The van der Waals surface area contributed by atoms with Gasteiger partial charge in [0.25, 0.3) is 0 Å². The lowest BCUT2D eigenvalue weighted by atomic mass is 9.93. The van der Waals surface area contributed by atoms with Crippen molar-refractivity contribution in [2.45, 2.75) is 36.2 Å². The van der Waals surface area contributed by atoms with E-state index >= 15 is 0 Å². The van der Waals surface area contributed by atoms with E-state index in [0.717, 1.165) is 12.0 Å². The Morgan fingerprint density at radius 2 is 2.10 bits per heavy atom. The average Bonchev–Trinajstić information content (AvgIpc) is 2.37. The first kappa shape index (κ1) is 13.3. The number of hydrogen-bond acceptors (Lipinski definition) is 3. The fraction of sp³-hybridized carbons (Fsp3) is 0.400. The van der Waals surface area contributed by atoms with Crippen LogP contribution in [0.5, 0.6) is 0 Å². The molecule has 0 spiro atoms. The van der Waals surface area contributed by atoms with Gasteiger partial charge in [-0.05, 0) is 42.5 Å². The van der Waals surface area contributed by atoms with E-state index in [0.29, 0.717) is 24.8 Å². The van der Waals surface area contributed by atoms with Crippen LogP contribution in [0.3, 0.4) is 0 Å². The van der Waals surface area contributed by atoms with Crippen LogP contribution in [-0.4, -0.2) is 18.9 Å². The van der Waals surface area contributed by atoms with Crippen molar-refractivity contribution in [3.05, 3.63) is 41.2 Å². The molecule has 0 amide bonds. The van der Waals surface area contributed by atoms with Gasteiger partial charge in [-0.15, -0.1) is 0 Å². The minimum atomic E-state index is -3.05. The lowest BCUT2D eigenvalue weighted by molar-refractivity contribution is 0.518. The van der Waals surface area contributed by atoms with Crippen molar-refractivity contribution in [2.75, 3.05) is 0 Å². The highest BCUT2D eigenvalue weighted by Crippen LogP contribution is 2.39. The van der Waals surface area contributed by atoms with Crippen molar-refractivity contribution in [3.63, 3.8) is 0 Å². The molecule has 20 heavy (non-hydrogen) atoms. The molecule has 1 aromatic rings. The molecule has 2 heterocycles. The second-order valence-corrected chi connectivity index (χ2v) is 7.83. The molecule has 2 aliphatic heterocycles. The lowest BCUT2D eigenvalue weighted by Gasteiger charge is -2.33. The Morgan fingerprint density at radius 3 is 2.75 bits per heavy atom. The molecule has 0 aliphatic carbocycles. The third-order valence-electron chi connectivity index (χ3n) is 4.20. The number of halogens is 1. The molecule has 2 bridgehead atoms. The zero-order chi connectivity index (χ0) is 14.3. The second kappa shape index (κ2) is 4.71. The Morgan fingerprint density at radius 1 is 1.30 bits per heavy atom. The molecule has 2 aliphatic rings. The van der Waals surface area contributed by atoms with E-state index in [1.54, 1.807) is 18.2 Å². The van der Waals surface area contributed by atoms with Gasteiger partial charge in [0.15, 0.2) is 9.84 Å². The summed E-state index contributed by atoms with van der Waals surface area (Å²) in [5.41, 5.74) is 1.59. The van der Waals surface area contributed by atoms with Gasteiger partial charge >= 0.3 is 0 Å². The zero-order valence-electron chi connectivity index (χ0n) is 10.8. The molecule has 1 fully saturated rings. The van der Waals surface area contributed by atoms with Crippen LogP contribution in [0.25, 0.3) is 5.57 Å². The quantitative estimate of drug-likeness (QED) is 0.799. The van der Waals surface area contributed by atoms with Crippen LogP contribution in [0.2, 0.25) is 0 Å². The topological polar surface area (TPSA) is 57.9 Å². The van der Waals surface area contributed by atoms with E-state index in [-0.39, 0.29) is 10.8 Å². The van der Waals surface area contributed by atoms with Gasteiger partial charge in [0.2, 0.25) is 0 Å². The molecule has 1 saturated heterocycles. The van der Waals surface area contributed by atoms with Crippen molar-refractivity contribution in [1.82, 2.24) is 0 Å². The third kappa shape index (κ3) is 2.04. The number of allylic oxidation sites excluding steroid dienone is 1. The van der Waals surface area contributed by atoms with E-state index in [2.05, 4.69) is 0 Å². The monoisotopic (exact) mass is 291 g/mol. The molecule has 0 aromatic heterocycles. The number of sulfone groups is 1. The molecule has 1 aromatic carbocycles. The molecule has 2 unspecified atom stereocenters. The summed E-state index contributed by atoms with van der Waals surface area (Å²) in [6, 6.07) is 6.26. The summed E-state index contributed by atoms with van der Waals surface area (Å²) < 4.78 is 38.0. The van der Waals surface area contributed by atoms with E-state index in [1.165, 1.54) is 12.1 Å². The predicted octanol–water partition coefficient (Wildman–Crippen LogP) is 2.82. The first-order valence-electron chi connectivity index (χ1n) is 6.66. The van der Waals surface area contributed by atoms with Crippen LogP contribution in [0.1, 0.15) is 36.8 Å². The van der Waals surface area contributed by atoms with Crippen molar-refractivity contribution in [1.29, 1.82) is 5.26 Å². The molecule has 0 N–H and O–H groups in total. The number of nitrogens with zero attached hydrogens (tertiary/aromatic N) is 1. The molecule has 5 heteroatoms. The minimum Gasteiger partial charge on any atom is -0.228 e. The Balaban J connectivity index is 2.02. The first-order valence-corrected chi connectivity index (χ1v) is 8.27. The fourth-order valence-corrected chi connectivity index (χ4v) is 5.33. The Kier molecular flexibility index (Phi) is 3.14. The highest BCUT2D eigenvalue weighted by atomic mass is 32.2. The van der Waals surface area contributed by atoms with E-state index in [1.807, 2.05) is 0 Å². The van der Waals surface area contributed by atoms with Crippen LogP contribution < -0.4 is 0 Å². The summed E-state index contributed by atoms with van der Waals surface area (Å²) >= 11 is 0. The predicted molar refractivity (Wildman–Crippen MR) is 74.1 cm³/mol. The second-order valence-electron chi connectivity index (χ2n) is 5.38. The largest absolute Gasteiger partial charge is 0.228 e. The van der Waals surface area contributed by atoms with E-state index in [9.17, 15) is 12.8 Å². The molecular formula is C15H14FNO2S. The molecule has 2 atom stereocenters. The summed E-state index contributed by atoms with van der Waals surface area (Å²) in [5.74, 6) is -0.551. The lowest BCUT2D eigenvalue weighted by Crippen LogP contribution is -2.38. The highest BCUT2D eigenvalue weighted by molar-refractivity contribution is 7.93. The maximum atomic E-state index is 13.7. The van der Waals surface area contributed by atoms with Crippen molar-refractivity contribution in [2.24, 2.45) is 0 Å². The molecular weight excluding hydrogens is 277 g/mol. The van der Waals surface area contributed by atoms with Gasteiger partial charge in [-0.1, -0.05) is 18.6 Å². The van der Waals surface area contributed by atoms with Crippen LogP contribution >= 0.6 is 0 Å². The summed E-state index contributed by atoms with van der Waals surface area (Å²) in [7, 11) is -3.05. The summed E-state index contributed by atoms with van der Waals surface area (Å²) in [6.45, 7) is 0. The molecule has 104 valence electrons. The minimum absolute atomic E-state index is 0.0120. The molecule has 3 nitrogen and oxygen atoms in total. The Labute approximate surface area is 117 Å². The van der Waals surface area contributed by atoms with E-state index in [4.69, 9.17) is 5.26 Å². The summed E-state index contributed by atoms with van der Waals surface area (Å²) in [6.07, 6.45) is 4.49. The third-order valence-corrected chi connectivity index (χ3v) is 6.74. The SMILES string of the molecule is N#Cc1ccc(C2=CC3CCCC(C2)S3(=O)=O)cc1F. The molecule has 3 rings (SSSR count). The summed E-state index contributed by atoms with van der Waals surface area (Å²) in [4.78, 5) is 0. The smallest absolute Gasteiger partial charge is 0.159 e. The van der Waals surface area contributed by atoms with Gasteiger partial charge < -0.3 is 0 Å². The molecule has 0 radical (unpaired) electrons. The van der Waals surface area contributed by atoms with Crippen LogP contribution in [0.4, 0.5) is 4.39 Å². The van der Waals surface area contributed by atoms with Gasteiger partial charge in [-0.2, -0.15) is 5.26 Å².